The summed E-state index contributed by atoms with van der Waals surface area (Å²) in [4.78, 5) is 71.2. The first-order chi connectivity index (χ1) is 15.7. The maximum absolute atomic E-state index is 12.4. The Morgan fingerprint density at radius 3 is 2.00 bits per heavy atom. The highest BCUT2D eigenvalue weighted by Crippen LogP contribution is 2.38. The number of nitrogens with one attached hydrogen (secondary N) is 1. The van der Waals surface area contributed by atoms with Gasteiger partial charge in [-0.3, -0.25) is 24.0 Å². The number of hydrogen-bond acceptors (Lipinski definition) is 12. The van der Waals surface area contributed by atoms with E-state index >= 15 is 0 Å². The molecule has 14 heteroatoms. The van der Waals surface area contributed by atoms with Crippen LogP contribution in [0.1, 0.15) is 41.0 Å². The minimum Gasteiger partial charge on any atom is -0.466 e. The summed E-state index contributed by atoms with van der Waals surface area (Å²) in [6.07, 6.45) is -6.29. The number of esters is 5. The van der Waals surface area contributed by atoms with Gasteiger partial charge in [-0.15, -0.1) is 0 Å². The Kier molecular flexibility index (Phi) is 10.7. The van der Waals surface area contributed by atoms with Crippen molar-refractivity contribution in [2.45, 2.75) is 76.6 Å². The lowest BCUT2D eigenvalue weighted by atomic mass is 9.89. The van der Waals surface area contributed by atoms with Crippen molar-refractivity contribution < 1.29 is 57.2 Å². The number of carbonyl (C=O) groups is 6. The van der Waals surface area contributed by atoms with E-state index in [0.29, 0.717) is 0 Å². The highest BCUT2D eigenvalue weighted by molar-refractivity contribution is 6.32. The molecule has 0 bridgehead atoms. The topological polar surface area (TPSA) is 170 Å². The second-order valence-electron chi connectivity index (χ2n) is 7.41. The molecule has 0 aromatic heterocycles. The van der Waals surface area contributed by atoms with Crippen LogP contribution < -0.4 is 5.32 Å². The van der Waals surface area contributed by atoms with Crippen molar-refractivity contribution in [2.24, 2.45) is 0 Å². The molecule has 0 aromatic carbocycles. The summed E-state index contributed by atoms with van der Waals surface area (Å²) in [6.45, 7) is 4.87. The number of ether oxygens (including phenoxy) is 6. The van der Waals surface area contributed by atoms with Gasteiger partial charge in [0.1, 0.15) is 18.8 Å². The van der Waals surface area contributed by atoms with E-state index in [4.69, 9.17) is 35.3 Å². The van der Waals surface area contributed by atoms with Gasteiger partial charge in [0.2, 0.25) is 11.0 Å². The SMILES string of the molecule is COC(=O)[C@]1(Cl)C[C@H](OC(C)=O)[C@H](NC(C)=O)[C@H]([C@H](OC(C)=O)[C@@H](COC(C)=O)OC(C)=O)O1. The van der Waals surface area contributed by atoms with Crippen LogP contribution >= 0.6 is 11.6 Å². The highest BCUT2D eigenvalue weighted by atomic mass is 35.5. The number of alkyl halides is 1. The normalized spacial score (nSPS) is 25.7. The van der Waals surface area contributed by atoms with Crippen molar-refractivity contribution >= 4 is 47.4 Å². The van der Waals surface area contributed by atoms with Gasteiger partial charge in [-0.2, -0.15) is 0 Å². The van der Waals surface area contributed by atoms with Crippen LogP contribution in [0.3, 0.4) is 0 Å². The Morgan fingerprint density at radius 2 is 1.56 bits per heavy atom. The lowest BCUT2D eigenvalue weighted by Gasteiger charge is -2.46. The molecule has 1 rings (SSSR count). The lowest BCUT2D eigenvalue weighted by molar-refractivity contribution is -0.225. The molecule has 13 nitrogen and oxygen atoms in total. The van der Waals surface area contributed by atoms with Crippen molar-refractivity contribution in [1.29, 1.82) is 0 Å². The van der Waals surface area contributed by atoms with E-state index in [1.807, 2.05) is 0 Å². The lowest BCUT2D eigenvalue weighted by Crippen LogP contribution is -2.67. The van der Waals surface area contributed by atoms with Crippen molar-refractivity contribution in [1.82, 2.24) is 5.32 Å². The summed E-state index contributed by atoms with van der Waals surface area (Å²) in [6, 6.07) is -1.24. The van der Waals surface area contributed by atoms with Gasteiger partial charge in [0, 0.05) is 41.0 Å². The quantitative estimate of drug-likeness (QED) is 0.246. The standard InChI is InChI=1S/C20H28ClNO12/c1-9(23)22-16-14(31-11(3)25)7-20(21,19(28)29-6)34-18(16)17(33-13(5)27)15(32-12(4)26)8-30-10(2)24/h14-18H,7-8H2,1-6H3,(H,22,23)/t14-,15+,16-,17+,18+,20-/m0/s1. The van der Waals surface area contributed by atoms with Gasteiger partial charge in [0.25, 0.3) is 0 Å². The van der Waals surface area contributed by atoms with E-state index in [0.717, 1.165) is 41.7 Å². The zero-order valence-corrected chi connectivity index (χ0v) is 20.3. The Balaban J connectivity index is 3.64. The number of amides is 1. The number of rotatable bonds is 9. The second kappa shape index (κ2) is 12.5. The zero-order valence-electron chi connectivity index (χ0n) is 19.6. The predicted molar refractivity (Wildman–Crippen MR) is 111 cm³/mol. The predicted octanol–water partition coefficient (Wildman–Crippen LogP) is -0.254. The van der Waals surface area contributed by atoms with Gasteiger partial charge in [-0.25, -0.2) is 4.79 Å². The first kappa shape index (κ1) is 29.1. The smallest absolute Gasteiger partial charge is 0.354 e. The molecule has 192 valence electrons. The van der Waals surface area contributed by atoms with Gasteiger partial charge in [0.15, 0.2) is 12.2 Å². The molecule has 0 aromatic rings. The molecule has 1 aliphatic heterocycles. The van der Waals surface area contributed by atoms with Crippen LogP contribution in [-0.2, 0) is 57.2 Å². The Hall–Kier alpha value is -2.93. The largest absolute Gasteiger partial charge is 0.466 e. The van der Waals surface area contributed by atoms with Gasteiger partial charge in [-0.1, -0.05) is 11.6 Å². The fourth-order valence-corrected chi connectivity index (χ4v) is 3.71. The molecular weight excluding hydrogens is 482 g/mol. The van der Waals surface area contributed by atoms with Crippen molar-refractivity contribution in [3.8, 4) is 0 Å². The van der Waals surface area contributed by atoms with Crippen LogP contribution in [0.15, 0.2) is 0 Å². The van der Waals surface area contributed by atoms with Crippen LogP contribution in [0.25, 0.3) is 0 Å². The maximum Gasteiger partial charge on any atom is 0.354 e. The van der Waals surface area contributed by atoms with Gasteiger partial charge >= 0.3 is 29.8 Å². The van der Waals surface area contributed by atoms with Crippen LogP contribution in [-0.4, -0.2) is 85.0 Å². The summed E-state index contributed by atoms with van der Waals surface area (Å²) in [5, 5.41) is 0.276. The van der Waals surface area contributed by atoms with Gasteiger partial charge in [0.05, 0.1) is 13.2 Å². The van der Waals surface area contributed by atoms with Crippen LogP contribution in [0, 0.1) is 0 Å². The van der Waals surface area contributed by atoms with E-state index in [2.05, 4.69) is 10.1 Å². The molecule has 1 saturated heterocycles. The molecular formula is C20H28ClNO12. The van der Waals surface area contributed by atoms with E-state index in [1.165, 1.54) is 0 Å². The fourth-order valence-electron chi connectivity index (χ4n) is 3.38. The van der Waals surface area contributed by atoms with Crippen molar-refractivity contribution in [2.75, 3.05) is 13.7 Å². The van der Waals surface area contributed by atoms with Crippen LogP contribution in [0.5, 0.6) is 0 Å². The average molecular weight is 510 g/mol. The number of hydrogen-bond donors (Lipinski definition) is 1. The Labute approximate surface area is 200 Å². The molecule has 1 N–H and O–H groups in total. The summed E-state index contributed by atoms with van der Waals surface area (Å²) in [5.74, 6) is -4.87. The minimum absolute atomic E-state index is 0.447. The highest BCUT2D eigenvalue weighted by Gasteiger charge is 2.57. The van der Waals surface area contributed by atoms with E-state index < -0.39 is 84.3 Å². The maximum atomic E-state index is 12.4. The molecule has 6 atom stereocenters. The Bertz CT molecular complexity index is 817. The summed E-state index contributed by atoms with van der Waals surface area (Å²) >= 11 is 6.38. The number of carbonyl (C=O) groups excluding carboxylic acids is 6. The third kappa shape index (κ3) is 8.45. The zero-order chi connectivity index (χ0) is 26.2. The number of halogens is 1. The first-order valence-corrected chi connectivity index (χ1v) is 10.4. The van der Waals surface area contributed by atoms with Crippen LogP contribution in [0.4, 0.5) is 0 Å². The first-order valence-electron chi connectivity index (χ1n) is 10.1. The molecule has 1 heterocycles. The molecule has 1 aliphatic rings. The fraction of sp³-hybridized carbons (Fsp3) is 0.700. The summed E-state index contributed by atoms with van der Waals surface area (Å²) in [7, 11) is 1.04. The number of methoxy groups -OCH3 is 1. The van der Waals surface area contributed by atoms with E-state index in [1.54, 1.807) is 0 Å². The third-order valence-corrected chi connectivity index (χ3v) is 4.88. The van der Waals surface area contributed by atoms with Gasteiger partial charge < -0.3 is 33.7 Å². The molecule has 34 heavy (non-hydrogen) atoms. The monoisotopic (exact) mass is 509 g/mol. The minimum atomic E-state index is -2.24. The molecule has 0 saturated carbocycles. The molecule has 1 amide bonds. The third-order valence-electron chi connectivity index (χ3n) is 4.48. The van der Waals surface area contributed by atoms with Crippen LogP contribution in [0.2, 0.25) is 0 Å². The average Bonchev–Trinajstić information content (AvgIpc) is 2.69. The summed E-state index contributed by atoms with van der Waals surface area (Å²) in [5.41, 5.74) is 0. The Morgan fingerprint density at radius 1 is 0.971 bits per heavy atom. The summed E-state index contributed by atoms with van der Waals surface area (Å²) < 4.78 is 31.2. The molecule has 1 fully saturated rings. The van der Waals surface area contributed by atoms with Crippen molar-refractivity contribution in [3.05, 3.63) is 0 Å². The van der Waals surface area contributed by atoms with Crippen molar-refractivity contribution in [3.63, 3.8) is 0 Å². The van der Waals surface area contributed by atoms with Gasteiger partial charge in [-0.05, 0) is 0 Å². The van der Waals surface area contributed by atoms with E-state index in [-0.39, 0.29) is 0 Å². The molecule has 0 aliphatic carbocycles. The molecule has 0 unspecified atom stereocenters. The molecule has 0 spiro atoms. The second-order valence-corrected chi connectivity index (χ2v) is 8.02. The molecule has 0 radical (unpaired) electrons. The van der Waals surface area contributed by atoms with E-state index in [9.17, 15) is 28.8 Å².